The SMILES string of the molecule is CC(C)CCc1cc(Cl)cc(Cl)c1O. The van der Waals surface area contributed by atoms with Crippen molar-refractivity contribution in [2.75, 3.05) is 0 Å². The molecule has 1 rings (SSSR count). The van der Waals surface area contributed by atoms with Crippen LogP contribution < -0.4 is 0 Å². The van der Waals surface area contributed by atoms with Gasteiger partial charge in [0.2, 0.25) is 0 Å². The van der Waals surface area contributed by atoms with E-state index in [1.807, 2.05) is 0 Å². The van der Waals surface area contributed by atoms with E-state index in [0.29, 0.717) is 16.0 Å². The summed E-state index contributed by atoms with van der Waals surface area (Å²) in [6.45, 7) is 4.28. The zero-order valence-corrected chi connectivity index (χ0v) is 9.86. The van der Waals surface area contributed by atoms with Crippen LogP contribution in [0.15, 0.2) is 12.1 Å². The summed E-state index contributed by atoms with van der Waals surface area (Å²) in [5.41, 5.74) is 0.830. The summed E-state index contributed by atoms with van der Waals surface area (Å²) >= 11 is 11.6. The summed E-state index contributed by atoms with van der Waals surface area (Å²) in [7, 11) is 0. The molecular weight excluding hydrogens is 219 g/mol. The van der Waals surface area contributed by atoms with Crippen LogP contribution in [0.4, 0.5) is 0 Å². The average molecular weight is 233 g/mol. The second-order valence-electron chi connectivity index (χ2n) is 3.83. The minimum Gasteiger partial charge on any atom is -0.506 e. The Balaban J connectivity index is 2.85. The summed E-state index contributed by atoms with van der Waals surface area (Å²) in [5.74, 6) is 0.767. The van der Waals surface area contributed by atoms with Crippen molar-refractivity contribution in [3.05, 3.63) is 27.7 Å². The molecule has 0 amide bonds. The summed E-state index contributed by atoms with van der Waals surface area (Å²) in [6.07, 6.45) is 1.83. The van der Waals surface area contributed by atoms with Gasteiger partial charge in [-0.2, -0.15) is 0 Å². The smallest absolute Gasteiger partial charge is 0.137 e. The molecule has 0 fully saturated rings. The second kappa shape index (κ2) is 4.90. The Morgan fingerprint density at radius 2 is 1.93 bits per heavy atom. The lowest BCUT2D eigenvalue weighted by Gasteiger charge is -2.08. The monoisotopic (exact) mass is 232 g/mol. The highest BCUT2D eigenvalue weighted by molar-refractivity contribution is 6.35. The number of hydrogen-bond acceptors (Lipinski definition) is 1. The van der Waals surface area contributed by atoms with Gasteiger partial charge in [-0.25, -0.2) is 0 Å². The molecule has 0 aliphatic rings. The molecule has 0 bridgehead atoms. The first-order valence-corrected chi connectivity index (χ1v) is 5.43. The summed E-state index contributed by atoms with van der Waals surface area (Å²) in [6, 6.07) is 3.32. The highest BCUT2D eigenvalue weighted by Crippen LogP contribution is 2.32. The zero-order valence-electron chi connectivity index (χ0n) is 8.35. The van der Waals surface area contributed by atoms with Gasteiger partial charge in [0.05, 0.1) is 5.02 Å². The maximum absolute atomic E-state index is 9.64. The van der Waals surface area contributed by atoms with Crippen molar-refractivity contribution in [3.63, 3.8) is 0 Å². The van der Waals surface area contributed by atoms with Crippen LogP contribution in [-0.2, 0) is 6.42 Å². The Labute approximate surface area is 94.7 Å². The van der Waals surface area contributed by atoms with E-state index < -0.39 is 0 Å². The summed E-state index contributed by atoms with van der Waals surface area (Å²) in [5, 5.41) is 10.5. The molecule has 0 aliphatic carbocycles. The Bertz CT molecular complexity index is 321. The van der Waals surface area contributed by atoms with Gasteiger partial charge in [0.25, 0.3) is 0 Å². The van der Waals surface area contributed by atoms with Crippen LogP contribution in [0.2, 0.25) is 10.0 Å². The van der Waals surface area contributed by atoms with Crippen molar-refractivity contribution in [1.29, 1.82) is 0 Å². The molecular formula is C11H14Cl2O. The predicted octanol–water partition coefficient (Wildman–Crippen LogP) is 4.29. The third-order valence-electron chi connectivity index (χ3n) is 2.10. The number of hydrogen-bond donors (Lipinski definition) is 1. The van der Waals surface area contributed by atoms with Crippen molar-refractivity contribution in [2.45, 2.75) is 26.7 Å². The molecule has 0 saturated heterocycles. The molecule has 3 heteroatoms. The van der Waals surface area contributed by atoms with E-state index >= 15 is 0 Å². The largest absolute Gasteiger partial charge is 0.506 e. The zero-order chi connectivity index (χ0) is 10.7. The third-order valence-corrected chi connectivity index (χ3v) is 2.60. The lowest BCUT2D eigenvalue weighted by Crippen LogP contribution is -1.93. The number of halogens is 2. The van der Waals surface area contributed by atoms with Gasteiger partial charge >= 0.3 is 0 Å². The van der Waals surface area contributed by atoms with Crippen LogP contribution in [0.5, 0.6) is 5.75 Å². The highest BCUT2D eigenvalue weighted by Gasteiger charge is 2.08. The van der Waals surface area contributed by atoms with Gasteiger partial charge < -0.3 is 5.11 Å². The lowest BCUT2D eigenvalue weighted by atomic mass is 10.0. The van der Waals surface area contributed by atoms with Crippen molar-refractivity contribution < 1.29 is 5.11 Å². The van der Waals surface area contributed by atoms with Crippen molar-refractivity contribution >= 4 is 23.2 Å². The van der Waals surface area contributed by atoms with E-state index in [2.05, 4.69) is 13.8 Å². The third kappa shape index (κ3) is 3.07. The summed E-state index contributed by atoms with van der Waals surface area (Å²) in [4.78, 5) is 0. The average Bonchev–Trinajstić information content (AvgIpc) is 2.08. The van der Waals surface area contributed by atoms with E-state index in [1.54, 1.807) is 12.1 Å². The molecule has 78 valence electrons. The van der Waals surface area contributed by atoms with E-state index in [1.165, 1.54) is 0 Å². The fourth-order valence-electron chi connectivity index (χ4n) is 1.25. The van der Waals surface area contributed by atoms with Gasteiger partial charge in [0.15, 0.2) is 0 Å². The first-order chi connectivity index (χ1) is 6.50. The van der Waals surface area contributed by atoms with Gasteiger partial charge in [-0.3, -0.25) is 0 Å². The lowest BCUT2D eigenvalue weighted by molar-refractivity contribution is 0.463. The molecule has 14 heavy (non-hydrogen) atoms. The molecule has 0 aromatic heterocycles. The van der Waals surface area contributed by atoms with Gasteiger partial charge in [0, 0.05) is 5.02 Å². The molecule has 0 saturated carbocycles. The Morgan fingerprint density at radius 1 is 1.29 bits per heavy atom. The first-order valence-electron chi connectivity index (χ1n) is 4.67. The fourth-order valence-corrected chi connectivity index (χ4v) is 1.79. The van der Waals surface area contributed by atoms with Gasteiger partial charge in [0.1, 0.15) is 5.75 Å². The van der Waals surface area contributed by atoms with Crippen LogP contribution in [-0.4, -0.2) is 5.11 Å². The first kappa shape index (κ1) is 11.7. The number of rotatable bonds is 3. The minimum absolute atomic E-state index is 0.164. The molecule has 0 radical (unpaired) electrons. The Kier molecular flexibility index (Phi) is 4.09. The number of benzene rings is 1. The van der Waals surface area contributed by atoms with Crippen molar-refractivity contribution in [3.8, 4) is 5.75 Å². The topological polar surface area (TPSA) is 20.2 Å². The normalized spacial score (nSPS) is 10.9. The molecule has 1 aromatic carbocycles. The molecule has 1 nitrogen and oxygen atoms in total. The van der Waals surface area contributed by atoms with E-state index in [4.69, 9.17) is 23.2 Å². The van der Waals surface area contributed by atoms with Crippen LogP contribution in [0.25, 0.3) is 0 Å². The molecule has 1 N–H and O–H groups in total. The summed E-state index contributed by atoms with van der Waals surface area (Å²) < 4.78 is 0. The quantitative estimate of drug-likeness (QED) is 0.825. The molecule has 0 aliphatic heterocycles. The maximum Gasteiger partial charge on any atom is 0.137 e. The number of phenolic OH excluding ortho intramolecular Hbond substituents is 1. The van der Waals surface area contributed by atoms with Gasteiger partial charge in [-0.15, -0.1) is 0 Å². The van der Waals surface area contributed by atoms with E-state index in [0.717, 1.165) is 18.4 Å². The Hall–Kier alpha value is -0.400. The van der Waals surface area contributed by atoms with Gasteiger partial charge in [-0.05, 0) is 36.5 Å². The molecule has 0 spiro atoms. The molecule has 1 aromatic rings. The van der Waals surface area contributed by atoms with E-state index in [-0.39, 0.29) is 5.75 Å². The second-order valence-corrected chi connectivity index (χ2v) is 4.67. The molecule has 0 atom stereocenters. The predicted molar refractivity (Wildman–Crippen MR) is 61.3 cm³/mol. The molecule has 0 unspecified atom stereocenters. The number of aryl methyl sites for hydroxylation is 1. The maximum atomic E-state index is 9.64. The highest BCUT2D eigenvalue weighted by atomic mass is 35.5. The minimum atomic E-state index is 0.164. The standard InChI is InChI=1S/C11H14Cl2O/c1-7(2)3-4-8-5-9(12)6-10(13)11(8)14/h5-7,14H,3-4H2,1-2H3. The molecule has 0 heterocycles. The van der Waals surface area contributed by atoms with Crippen LogP contribution in [0, 0.1) is 5.92 Å². The van der Waals surface area contributed by atoms with E-state index in [9.17, 15) is 5.11 Å². The number of phenols is 1. The van der Waals surface area contributed by atoms with Crippen LogP contribution in [0.1, 0.15) is 25.8 Å². The van der Waals surface area contributed by atoms with Crippen molar-refractivity contribution in [1.82, 2.24) is 0 Å². The van der Waals surface area contributed by atoms with Crippen molar-refractivity contribution in [2.24, 2.45) is 5.92 Å². The van der Waals surface area contributed by atoms with Crippen LogP contribution >= 0.6 is 23.2 Å². The fraction of sp³-hybridized carbons (Fsp3) is 0.455. The van der Waals surface area contributed by atoms with Crippen LogP contribution in [0.3, 0.4) is 0 Å². The number of aromatic hydroxyl groups is 1. The Morgan fingerprint density at radius 3 is 2.50 bits per heavy atom. The van der Waals surface area contributed by atoms with Gasteiger partial charge in [-0.1, -0.05) is 37.0 Å².